The minimum Gasteiger partial charge on any atom is -0.481 e. The number of carboxylic acids is 1. The van der Waals surface area contributed by atoms with Crippen LogP contribution in [0.15, 0.2) is 22.7 Å². The molecule has 4 heteroatoms. The number of hydrogen-bond donors (Lipinski definition) is 1. The van der Waals surface area contributed by atoms with Gasteiger partial charge in [0.05, 0.1) is 5.41 Å². The summed E-state index contributed by atoms with van der Waals surface area (Å²) in [4.78, 5) is 11.7. The van der Waals surface area contributed by atoms with Crippen LogP contribution in [0.3, 0.4) is 0 Å². The Hall–Kier alpha value is -0.900. The molecule has 1 saturated carbocycles. The van der Waals surface area contributed by atoms with E-state index in [0.29, 0.717) is 23.7 Å². The minimum atomic E-state index is -0.741. The van der Waals surface area contributed by atoms with Gasteiger partial charge in [-0.2, -0.15) is 0 Å². The van der Waals surface area contributed by atoms with E-state index < -0.39 is 11.4 Å². The lowest BCUT2D eigenvalue weighted by molar-refractivity contribution is -0.149. The topological polar surface area (TPSA) is 37.3 Å². The third kappa shape index (κ3) is 3.56. The van der Waals surface area contributed by atoms with Crippen molar-refractivity contribution >= 4 is 21.9 Å². The fourth-order valence-corrected chi connectivity index (χ4v) is 3.49. The zero-order valence-electron chi connectivity index (χ0n) is 10.8. The number of rotatable bonds is 3. The van der Waals surface area contributed by atoms with E-state index >= 15 is 0 Å². The Labute approximate surface area is 121 Å². The molecular weight excluding hydrogens is 311 g/mol. The Kier molecular flexibility index (Phi) is 4.61. The number of aliphatic carboxylic acids is 1. The molecule has 0 atom stereocenters. The molecule has 1 aromatic rings. The van der Waals surface area contributed by atoms with Crippen molar-refractivity contribution in [2.75, 3.05) is 0 Å². The molecule has 0 spiro atoms. The Balaban J connectivity index is 2.27. The van der Waals surface area contributed by atoms with Gasteiger partial charge in [0.15, 0.2) is 0 Å². The molecule has 0 aliphatic heterocycles. The Morgan fingerprint density at radius 2 is 1.84 bits per heavy atom. The molecule has 19 heavy (non-hydrogen) atoms. The molecule has 0 unspecified atom stereocenters. The highest BCUT2D eigenvalue weighted by Crippen LogP contribution is 2.39. The van der Waals surface area contributed by atoms with E-state index in [-0.39, 0.29) is 5.82 Å². The highest BCUT2D eigenvalue weighted by atomic mass is 79.9. The molecule has 0 heterocycles. The van der Waals surface area contributed by atoms with Crippen LogP contribution in [-0.4, -0.2) is 11.1 Å². The van der Waals surface area contributed by atoms with Crippen LogP contribution in [0.25, 0.3) is 0 Å². The fraction of sp³-hybridized carbons (Fsp3) is 0.533. The van der Waals surface area contributed by atoms with Crippen LogP contribution in [0.2, 0.25) is 0 Å². The van der Waals surface area contributed by atoms with Crippen molar-refractivity contribution in [1.82, 2.24) is 0 Å². The monoisotopic (exact) mass is 328 g/mol. The first-order valence-corrected chi connectivity index (χ1v) is 7.49. The predicted molar refractivity (Wildman–Crippen MR) is 75.6 cm³/mol. The second-order valence-electron chi connectivity index (χ2n) is 5.45. The largest absolute Gasteiger partial charge is 0.481 e. The van der Waals surface area contributed by atoms with Gasteiger partial charge >= 0.3 is 5.97 Å². The highest BCUT2D eigenvalue weighted by Gasteiger charge is 2.38. The van der Waals surface area contributed by atoms with E-state index in [1.165, 1.54) is 12.1 Å². The van der Waals surface area contributed by atoms with E-state index in [9.17, 15) is 14.3 Å². The van der Waals surface area contributed by atoms with Crippen LogP contribution in [0.4, 0.5) is 4.39 Å². The second-order valence-corrected chi connectivity index (χ2v) is 6.37. The van der Waals surface area contributed by atoms with Gasteiger partial charge in [-0.1, -0.05) is 41.6 Å². The first-order valence-electron chi connectivity index (χ1n) is 6.70. The van der Waals surface area contributed by atoms with Crippen molar-refractivity contribution in [1.29, 1.82) is 0 Å². The molecule has 1 N–H and O–H groups in total. The first-order chi connectivity index (χ1) is 9.02. The average molecular weight is 329 g/mol. The van der Waals surface area contributed by atoms with Crippen molar-refractivity contribution in [3.8, 4) is 0 Å². The Morgan fingerprint density at radius 3 is 2.37 bits per heavy atom. The number of carboxylic acid groups (broad SMARTS) is 1. The lowest BCUT2D eigenvalue weighted by atomic mass is 9.75. The summed E-state index contributed by atoms with van der Waals surface area (Å²) in [7, 11) is 0. The molecule has 1 aromatic carbocycles. The number of halogens is 2. The molecule has 1 aliphatic carbocycles. The summed E-state index contributed by atoms with van der Waals surface area (Å²) in [6.45, 7) is 0. The van der Waals surface area contributed by atoms with Gasteiger partial charge < -0.3 is 5.11 Å². The molecule has 0 amide bonds. The van der Waals surface area contributed by atoms with Crippen molar-refractivity contribution in [2.45, 2.75) is 44.9 Å². The minimum absolute atomic E-state index is 0.321. The molecular formula is C15H18BrFO2. The first kappa shape index (κ1) is 14.5. The zero-order valence-corrected chi connectivity index (χ0v) is 12.4. The average Bonchev–Trinajstić information content (AvgIpc) is 2.54. The predicted octanol–water partition coefficient (Wildman–Crippen LogP) is 4.56. The molecule has 2 nitrogen and oxygen atoms in total. The summed E-state index contributed by atoms with van der Waals surface area (Å²) in [5.41, 5.74) is 0.0418. The maximum absolute atomic E-state index is 13.4. The molecule has 1 aliphatic rings. The summed E-state index contributed by atoms with van der Waals surface area (Å²) in [6.07, 6.45) is 5.89. The summed E-state index contributed by atoms with van der Waals surface area (Å²) in [5.74, 6) is -1.06. The van der Waals surface area contributed by atoms with Crippen molar-refractivity contribution in [3.63, 3.8) is 0 Å². The molecule has 0 aromatic heterocycles. The van der Waals surface area contributed by atoms with Crippen molar-refractivity contribution in [2.24, 2.45) is 5.41 Å². The summed E-state index contributed by atoms with van der Waals surface area (Å²) < 4.78 is 14.1. The van der Waals surface area contributed by atoms with Crippen LogP contribution >= 0.6 is 15.9 Å². The summed E-state index contributed by atoms with van der Waals surface area (Å²) >= 11 is 3.26. The van der Waals surface area contributed by atoms with Crippen LogP contribution < -0.4 is 0 Å². The van der Waals surface area contributed by atoms with Gasteiger partial charge in [0.1, 0.15) is 5.82 Å². The maximum Gasteiger partial charge on any atom is 0.309 e. The molecule has 1 fully saturated rings. The number of benzene rings is 1. The smallest absolute Gasteiger partial charge is 0.309 e. The van der Waals surface area contributed by atoms with Gasteiger partial charge in [-0.3, -0.25) is 4.79 Å². The van der Waals surface area contributed by atoms with Gasteiger partial charge in [0.25, 0.3) is 0 Å². The van der Waals surface area contributed by atoms with E-state index in [2.05, 4.69) is 15.9 Å². The molecule has 2 rings (SSSR count). The fourth-order valence-electron chi connectivity index (χ4n) is 2.98. The lowest BCUT2D eigenvalue weighted by Gasteiger charge is -2.28. The van der Waals surface area contributed by atoms with Crippen molar-refractivity contribution in [3.05, 3.63) is 34.1 Å². The van der Waals surface area contributed by atoms with E-state index in [1.807, 2.05) is 6.07 Å². The van der Waals surface area contributed by atoms with Crippen LogP contribution in [0, 0.1) is 11.2 Å². The molecule has 104 valence electrons. The SMILES string of the molecule is O=C(O)C1(Cc2cc(F)cc(Br)c2)CCCCCC1. The third-order valence-electron chi connectivity index (χ3n) is 3.98. The van der Waals surface area contributed by atoms with Gasteiger partial charge in [-0.05, 0) is 43.0 Å². The Morgan fingerprint density at radius 1 is 1.21 bits per heavy atom. The van der Waals surface area contributed by atoms with Crippen LogP contribution in [0.1, 0.15) is 44.1 Å². The molecule has 0 bridgehead atoms. The van der Waals surface area contributed by atoms with Gasteiger partial charge in [0, 0.05) is 4.47 Å². The van der Waals surface area contributed by atoms with Gasteiger partial charge in [-0.25, -0.2) is 4.39 Å². The van der Waals surface area contributed by atoms with E-state index in [0.717, 1.165) is 31.2 Å². The normalized spacial score (nSPS) is 18.8. The highest BCUT2D eigenvalue weighted by molar-refractivity contribution is 9.10. The second kappa shape index (κ2) is 6.04. The van der Waals surface area contributed by atoms with Gasteiger partial charge in [0.2, 0.25) is 0 Å². The van der Waals surface area contributed by atoms with Crippen LogP contribution in [-0.2, 0) is 11.2 Å². The standard InChI is InChI=1S/C15H18BrFO2/c16-12-7-11(8-13(17)9-12)10-15(14(18)19)5-3-1-2-4-6-15/h7-9H,1-6,10H2,(H,18,19). The third-order valence-corrected chi connectivity index (χ3v) is 4.44. The Bertz CT molecular complexity index is 445. The van der Waals surface area contributed by atoms with Gasteiger partial charge in [-0.15, -0.1) is 0 Å². The summed E-state index contributed by atoms with van der Waals surface area (Å²) in [5, 5.41) is 9.61. The van der Waals surface area contributed by atoms with Crippen LogP contribution in [0.5, 0.6) is 0 Å². The maximum atomic E-state index is 13.4. The van der Waals surface area contributed by atoms with E-state index in [1.54, 1.807) is 0 Å². The zero-order chi connectivity index (χ0) is 13.9. The molecule has 0 radical (unpaired) electrons. The number of hydrogen-bond acceptors (Lipinski definition) is 1. The molecule has 0 saturated heterocycles. The van der Waals surface area contributed by atoms with Crippen molar-refractivity contribution < 1.29 is 14.3 Å². The quantitative estimate of drug-likeness (QED) is 0.826. The lowest BCUT2D eigenvalue weighted by Crippen LogP contribution is -2.33. The number of carbonyl (C=O) groups is 1. The van der Waals surface area contributed by atoms with E-state index in [4.69, 9.17) is 0 Å². The summed E-state index contributed by atoms with van der Waals surface area (Å²) in [6, 6.07) is 4.66.